The average Bonchev–Trinajstić information content (AvgIpc) is 3.39. The topological polar surface area (TPSA) is 90.9 Å². The van der Waals surface area contributed by atoms with E-state index in [1.54, 1.807) is 24.3 Å². The monoisotopic (exact) mass is 371 g/mol. The fourth-order valence-electron chi connectivity index (χ4n) is 3.29. The number of benzene rings is 1. The fraction of sp³-hybridized carbons (Fsp3) is 0.500. The minimum atomic E-state index is -0.795. The number of amides is 2. The predicted molar refractivity (Wildman–Crippen MR) is 102 cm³/mol. The van der Waals surface area contributed by atoms with Gasteiger partial charge < -0.3 is 20.5 Å². The van der Waals surface area contributed by atoms with Gasteiger partial charge in [0, 0.05) is 30.4 Å². The second kappa shape index (κ2) is 8.78. The van der Waals surface area contributed by atoms with Crippen molar-refractivity contribution in [1.29, 1.82) is 0 Å². The molecule has 0 heterocycles. The number of hydrogen-bond acceptors (Lipinski definition) is 4. The van der Waals surface area contributed by atoms with Gasteiger partial charge in [-0.2, -0.15) is 0 Å². The minimum absolute atomic E-state index is 0.0615. The molecule has 7 nitrogen and oxygen atoms in total. The van der Waals surface area contributed by atoms with Gasteiger partial charge in [-0.3, -0.25) is 9.69 Å². The molecule has 27 heavy (non-hydrogen) atoms. The van der Waals surface area contributed by atoms with Crippen LogP contribution in [-0.2, 0) is 4.79 Å². The van der Waals surface area contributed by atoms with Crippen LogP contribution >= 0.6 is 0 Å². The highest BCUT2D eigenvalue weighted by Gasteiger charge is 2.37. The summed E-state index contributed by atoms with van der Waals surface area (Å²) >= 11 is 0. The van der Waals surface area contributed by atoms with Crippen molar-refractivity contribution in [2.24, 2.45) is 5.92 Å². The summed E-state index contributed by atoms with van der Waals surface area (Å²) in [6.45, 7) is 1.09. The second-order valence-electron chi connectivity index (χ2n) is 7.21. The molecule has 0 spiro atoms. The molecule has 1 aromatic carbocycles. The molecule has 0 saturated heterocycles. The van der Waals surface area contributed by atoms with Crippen molar-refractivity contribution < 1.29 is 19.4 Å². The molecule has 0 aliphatic heterocycles. The van der Waals surface area contributed by atoms with Gasteiger partial charge in [0.05, 0.1) is 6.54 Å². The maximum absolute atomic E-state index is 12.2. The number of rotatable bonds is 9. The van der Waals surface area contributed by atoms with E-state index in [1.807, 2.05) is 4.90 Å². The Labute approximate surface area is 159 Å². The molecule has 1 aromatic rings. The zero-order chi connectivity index (χ0) is 19.2. The predicted octanol–water partition coefficient (Wildman–Crippen LogP) is 2.15. The molecule has 2 saturated carbocycles. The standard InChI is InChI=1S/C20H25N3O4/c1-2-8-27-18-5-3-4-15(11-18)21-20(26)22-16-9-17(10-16)23(13-19(24)25)12-14-6-7-14/h1,3-5,11,14,16-17H,6-10,12-13H2,(H,24,25)(H2,21,22,26). The third-order valence-electron chi connectivity index (χ3n) is 4.91. The summed E-state index contributed by atoms with van der Waals surface area (Å²) in [7, 11) is 0. The molecule has 3 N–H and O–H groups in total. The number of terminal acetylenes is 1. The Bertz CT molecular complexity index is 720. The van der Waals surface area contributed by atoms with Crippen LogP contribution in [0.3, 0.4) is 0 Å². The number of ether oxygens (including phenoxy) is 1. The first-order valence-electron chi connectivity index (χ1n) is 9.23. The van der Waals surface area contributed by atoms with Gasteiger partial charge in [-0.05, 0) is 43.7 Å². The molecule has 0 aromatic heterocycles. The maximum atomic E-state index is 12.2. The van der Waals surface area contributed by atoms with Crippen LogP contribution in [0.4, 0.5) is 10.5 Å². The summed E-state index contributed by atoms with van der Waals surface area (Å²) in [6.07, 6.45) is 9.11. The molecule has 2 fully saturated rings. The number of nitrogens with one attached hydrogen (secondary N) is 2. The lowest BCUT2D eigenvalue weighted by molar-refractivity contribution is -0.139. The fourth-order valence-corrected chi connectivity index (χ4v) is 3.29. The summed E-state index contributed by atoms with van der Waals surface area (Å²) in [6, 6.07) is 7.05. The molecule has 2 aliphatic carbocycles. The van der Waals surface area contributed by atoms with Gasteiger partial charge in [0.2, 0.25) is 0 Å². The highest BCUT2D eigenvalue weighted by Crippen LogP contribution is 2.33. The summed E-state index contributed by atoms with van der Waals surface area (Å²) in [5.41, 5.74) is 0.624. The molecule has 3 rings (SSSR count). The molecule has 7 heteroatoms. The van der Waals surface area contributed by atoms with E-state index in [9.17, 15) is 9.59 Å². The highest BCUT2D eigenvalue weighted by atomic mass is 16.5. The second-order valence-corrected chi connectivity index (χ2v) is 7.21. The zero-order valence-corrected chi connectivity index (χ0v) is 15.2. The Morgan fingerprint density at radius 2 is 2.11 bits per heavy atom. The first-order chi connectivity index (χ1) is 13.0. The Morgan fingerprint density at radius 3 is 2.78 bits per heavy atom. The summed E-state index contributed by atoms with van der Waals surface area (Å²) in [5, 5.41) is 14.8. The third-order valence-corrected chi connectivity index (χ3v) is 4.91. The number of urea groups is 1. The van der Waals surface area contributed by atoms with E-state index in [0.717, 1.165) is 19.4 Å². The number of carboxylic acid groups (broad SMARTS) is 1. The first-order valence-corrected chi connectivity index (χ1v) is 9.23. The van der Waals surface area contributed by atoms with Gasteiger partial charge in [-0.25, -0.2) is 4.79 Å². The van der Waals surface area contributed by atoms with Gasteiger partial charge in [-0.1, -0.05) is 12.0 Å². The van der Waals surface area contributed by atoms with Crippen molar-refractivity contribution >= 4 is 17.7 Å². The molecule has 2 aliphatic rings. The van der Waals surface area contributed by atoms with Crippen LogP contribution in [0.5, 0.6) is 5.75 Å². The van der Waals surface area contributed by atoms with Gasteiger partial charge in [0.25, 0.3) is 0 Å². The normalized spacial score (nSPS) is 21.0. The molecular formula is C20H25N3O4. The Hall–Kier alpha value is -2.72. The Balaban J connectivity index is 1.43. The molecule has 0 atom stereocenters. The summed E-state index contributed by atoms with van der Waals surface area (Å²) in [4.78, 5) is 25.3. The Morgan fingerprint density at radius 1 is 1.33 bits per heavy atom. The number of nitrogens with zero attached hydrogens (tertiary/aromatic N) is 1. The maximum Gasteiger partial charge on any atom is 0.319 e. The Kier molecular flexibility index (Phi) is 6.20. The number of aliphatic carboxylic acids is 1. The SMILES string of the molecule is C#CCOc1cccc(NC(=O)NC2CC(N(CC(=O)O)CC3CC3)C2)c1. The van der Waals surface area contributed by atoms with Crippen molar-refractivity contribution in [3.8, 4) is 18.1 Å². The van der Waals surface area contributed by atoms with Crippen molar-refractivity contribution in [3.05, 3.63) is 24.3 Å². The molecule has 2 amide bonds. The number of carbonyl (C=O) groups excluding carboxylic acids is 1. The first kappa shape index (κ1) is 19.1. The van der Waals surface area contributed by atoms with E-state index in [1.165, 1.54) is 12.8 Å². The lowest BCUT2D eigenvalue weighted by Gasteiger charge is -2.42. The van der Waals surface area contributed by atoms with Gasteiger partial charge in [-0.15, -0.1) is 6.42 Å². The quantitative estimate of drug-likeness (QED) is 0.579. The average molecular weight is 371 g/mol. The van der Waals surface area contributed by atoms with Crippen LogP contribution in [0.2, 0.25) is 0 Å². The van der Waals surface area contributed by atoms with E-state index in [0.29, 0.717) is 17.4 Å². The highest BCUT2D eigenvalue weighted by molar-refractivity contribution is 5.89. The molecule has 0 radical (unpaired) electrons. The number of carboxylic acids is 1. The van der Waals surface area contributed by atoms with E-state index in [2.05, 4.69) is 16.6 Å². The summed E-state index contributed by atoms with van der Waals surface area (Å²) in [5.74, 6) is 2.84. The van der Waals surface area contributed by atoms with Crippen LogP contribution in [0.1, 0.15) is 25.7 Å². The van der Waals surface area contributed by atoms with Crippen LogP contribution in [0, 0.1) is 18.3 Å². The van der Waals surface area contributed by atoms with Gasteiger partial charge >= 0.3 is 12.0 Å². The van der Waals surface area contributed by atoms with E-state index in [4.69, 9.17) is 16.3 Å². The van der Waals surface area contributed by atoms with E-state index >= 15 is 0 Å². The largest absolute Gasteiger partial charge is 0.481 e. The lowest BCUT2D eigenvalue weighted by Crippen LogP contribution is -2.55. The molecular weight excluding hydrogens is 346 g/mol. The number of anilines is 1. The minimum Gasteiger partial charge on any atom is -0.481 e. The lowest BCUT2D eigenvalue weighted by atomic mass is 9.85. The van der Waals surface area contributed by atoms with Crippen LogP contribution in [-0.4, -0.2) is 53.8 Å². The van der Waals surface area contributed by atoms with Crippen LogP contribution < -0.4 is 15.4 Å². The van der Waals surface area contributed by atoms with Crippen LogP contribution in [0.25, 0.3) is 0 Å². The van der Waals surface area contributed by atoms with Crippen molar-refractivity contribution in [1.82, 2.24) is 10.2 Å². The number of carbonyl (C=O) groups is 2. The molecule has 0 unspecified atom stereocenters. The van der Waals surface area contributed by atoms with Crippen LogP contribution in [0.15, 0.2) is 24.3 Å². The summed E-state index contributed by atoms with van der Waals surface area (Å²) < 4.78 is 5.34. The van der Waals surface area contributed by atoms with Crippen molar-refractivity contribution in [3.63, 3.8) is 0 Å². The number of hydrogen-bond donors (Lipinski definition) is 3. The molecule has 144 valence electrons. The van der Waals surface area contributed by atoms with E-state index < -0.39 is 5.97 Å². The van der Waals surface area contributed by atoms with Gasteiger partial charge in [0.15, 0.2) is 0 Å². The van der Waals surface area contributed by atoms with Crippen molar-refractivity contribution in [2.75, 3.05) is 25.0 Å². The van der Waals surface area contributed by atoms with Gasteiger partial charge in [0.1, 0.15) is 12.4 Å². The third kappa shape index (κ3) is 5.90. The zero-order valence-electron chi connectivity index (χ0n) is 15.2. The van der Waals surface area contributed by atoms with E-state index in [-0.39, 0.29) is 31.3 Å². The molecule has 0 bridgehead atoms. The smallest absolute Gasteiger partial charge is 0.319 e. The van der Waals surface area contributed by atoms with Crippen molar-refractivity contribution in [2.45, 2.75) is 37.8 Å².